The molecule has 1 aliphatic rings. The number of thiophene rings is 1. The average Bonchev–Trinajstić information content (AvgIpc) is 2.67. The molecule has 2 heterocycles. The molecule has 2 rings (SSSR count). The minimum Gasteiger partial charge on any atom is -0.369 e. The molecule has 0 aromatic carbocycles. The Labute approximate surface area is 106 Å². The maximum absolute atomic E-state index is 10.9. The summed E-state index contributed by atoms with van der Waals surface area (Å²) < 4.78 is 0. The van der Waals surface area contributed by atoms with E-state index in [-0.39, 0.29) is 11.9 Å². The van der Waals surface area contributed by atoms with Gasteiger partial charge in [-0.1, -0.05) is 0 Å². The first-order chi connectivity index (χ1) is 8.13. The third-order valence-corrected chi connectivity index (χ3v) is 3.86. The number of carbonyl (C=O) groups excluding carboxylic acids is 1. The third-order valence-electron chi connectivity index (χ3n) is 3.13. The molecule has 5 heteroatoms. The van der Waals surface area contributed by atoms with Gasteiger partial charge >= 0.3 is 0 Å². The van der Waals surface area contributed by atoms with Gasteiger partial charge in [0.2, 0.25) is 5.91 Å². The maximum atomic E-state index is 10.9. The van der Waals surface area contributed by atoms with Crippen molar-refractivity contribution in [1.29, 1.82) is 0 Å². The molecule has 94 valence electrons. The molecule has 4 N–H and O–H groups in total. The first-order valence-corrected chi connectivity index (χ1v) is 6.85. The molecule has 0 saturated carbocycles. The monoisotopic (exact) mass is 253 g/mol. The van der Waals surface area contributed by atoms with E-state index in [0.29, 0.717) is 12.5 Å². The fraction of sp³-hybridized carbons (Fsp3) is 0.583. The standard InChI is InChI=1S/C12H19N3OS/c13-11-4-10(3-9-1-2-17-8-9)5-15(6-11)7-12(14)16/h1-2,8,10-11H,3-7,13H2,(H2,14,16). The van der Waals surface area contributed by atoms with Crippen LogP contribution in [0.5, 0.6) is 0 Å². The van der Waals surface area contributed by atoms with Gasteiger partial charge in [0.25, 0.3) is 0 Å². The number of nitrogens with zero attached hydrogens (tertiary/aromatic N) is 1. The molecule has 1 aromatic heterocycles. The molecule has 1 fully saturated rings. The van der Waals surface area contributed by atoms with E-state index in [1.165, 1.54) is 5.56 Å². The molecule has 0 bridgehead atoms. The van der Waals surface area contributed by atoms with Crippen LogP contribution in [0.4, 0.5) is 0 Å². The normalized spacial score (nSPS) is 25.9. The van der Waals surface area contributed by atoms with Crippen LogP contribution in [0.25, 0.3) is 0 Å². The highest BCUT2D eigenvalue weighted by molar-refractivity contribution is 7.07. The highest BCUT2D eigenvalue weighted by atomic mass is 32.1. The predicted octanol–water partition coefficient (Wildman–Crippen LogP) is 0.425. The molecular formula is C12H19N3OS. The SMILES string of the molecule is NC(=O)CN1CC(N)CC(Cc2ccsc2)C1. The van der Waals surface area contributed by atoms with Crippen molar-refractivity contribution >= 4 is 17.2 Å². The average molecular weight is 253 g/mol. The summed E-state index contributed by atoms with van der Waals surface area (Å²) >= 11 is 1.72. The summed E-state index contributed by atoms with van der Waals surface area (Å²) in [4.78, 5) is 13.0. The Morgan fingerprint density at radius 1 is 1.53 bits per heavy atom. The van der Waals surface area contributed by atoms with Crippen LogP contribution in [-0.4, -0.2) is 36.5 Å². The molecule has 0 aliphatic carbocycles. The van der Waals surface area contributed by atoms with Gasteiger partial charge < -0.3 is 11.5 Å². The Bertz CT molecular complexity index is 366. The highest BCUT2D eigenvalue weighted by Crippen LogP contribution is 2.21. The number of amides is 1. The van der Waals surface area contributed by atoms with Crippen molar-refractivity contribution in [2.24, 2.45) is 17.4 Å². The summed E-state index contributed by atoms with van der Waals surface area (Å²) in [7, 11) is 0. The van der Waals surface area contributed by atoms with E-state index in [2.05, 4.69) is 21.7 Å². The van der Waals surface area contributed by atoms with Gasteiger partial charge in [-0.15, -0.1) is 0 Å². The molecule has 1 aromatic rings. The van der Waals surface area contributed by atoms with Crippen LogP contribution in [0.2, 0.25) is 0 Å². The molecule has 0 spiro atoms. The van der Waals surface area contributed by atoms with E-state index in [1.54, 1.807) is 11.3 Å². The van der Waals surface area contributed by atoms with Crippen LogP contribution >= 0.6 is 11.3 Å². The summed E-state index contributed by atoms with van der Waals surface area (Å²) in [6.07, 6.45) is 2.08. The van der Waals surface area contributed by atoms with E-state index >= 15 is 0 Å². The molecule has 17 heavy (non-hydrogen) atoms. The summed E-state index contributed by atoms with van der Waals surface area (Å²) in [5, 5.41) is 4.28. The van der Waals surface area contributed by atoms with Gasteiger partial charge in [-0.25, -0.2) is 0 Å². The van der Waals surface area contributed by atoms with Gasteiger partial charge in [0.15, 0.2) is 0 Å². The van der Waals surface area contributed by atoms with Gasteiger partial charge in [-0.05, 0) is 41.1 Å². The molecule has 1 aliphatic heterocycles. The Morgan fingerprint density at radius 2 is 2.35 bits per heavy atom. The van der Waals surface area contributed by atoms with Crippen LogP contribution in [0, 0.1) is 5.92 Å². The van der Waals surface area contributed by atoms with Gasteiger partial charge in [-0.3, -0.25) is 9.69 Å². The fourth-order valence-corrected chi connectivity index (χ4v) is 3.27. The number of carbonyl (C=O) groups is 1. The van der Waals surface area contributed by atoms with Crippen LogP contribution in [0.15, 0.2) is 16.8 Å². The number of likely N-dealkylation sites (tertiary alicyclic amines) is 1. The van der Waals surface area contributed by atoms with Gasteiger partial charge in [0, 0.05) is 19.1 Å². The third kappa shape index (κ3) is 3.80. The number of nitrogens with two attached hydrogens (primary N) is 2. The quantitative estimate of drug-likeness (QED) is 0.817. The number of hydrogen-bond donors (Lipinski definition) is 2. The van der Waals surface area contributed by atoms with Crippen molar-refractivity contribution in [1.82, 2.24) is 4.90 Å². The predicted molar refractivity (Wildman–Crippen MR) is 69.7 cm³/mol. The Kier molecular flexibility index (Phi) is 4.15. The van der Waals surface area contributed by atoms with Crippen LogP contribution in [-0.2, 0) is 11.2 Å². The highest BCUT2D eigenvalue weighted by Gasteiger charge is 2.25. The summed E-state index contributed by atoms with van der Waals surface area (Å²) in [5.41, 5.74) is 12.6. The van der Waals surface area contributed by atoms with Gasteiger partial charge in [0.05, 0.1) is 6.54 Å². The maximum Gasteiger partial charge on any atom is 0.231 e. The van der Waals surface area contributed by atoms with Crippen molar-refractivity contribution in [3.63, 3.8) is 0 Å². The Balaban J connectivity index is 1.91. The summed E-state index contributed by atoms with van der Waals surface area (Å²) in [6.45, 7) is 2.03. The molecule has 4 nitrogen and oxygen atoms in total. The van der Waals surface area contributed by atoms with E-state index < -0.39 is 0 Å². The summed E-state index contributed by atoms with van der Waals surface area (Å²) in [6, 6.07) is 2.31. The lowest BCUT2D eigenvalue weighted by atomic mass is 9.90. The van der Waals surface area contributed by atoms with Crippen molar-refractivity contribution in [2.75, 3.05) is 19.6 Å². The van der Waals surface area contributed by atoms with Crippen molar-refractivity contribution in [3.8, 4) is 0 Å². The minimum absolute atomic E-state index is 0.159. The number of rotatable bonds is 4. The lowest BCUT2D eigenvalue weighted by Crippen LogP contribution is -2.49. The van der Waals surface area contributed by atoms with Crippen LogP contribution in [0.1, 0.15) is 12.0 Å². The first kappa shape index (κ1) is 12.5. The molecule has 1 saturated heterocycles. The zero-order chi connectivity index (χ0) is 12.3. The van der Waals surface area contributed by atoms with E-state index in [1.807, 2.05) is 0 Å². The van der Waals surface area contributed by atoms with Crippen molar-refractivity contribution in [3.05, 3.63) is 22.4 Å². The molecule has 2 atom stereocenters. The molecule has 1 amide bonds. The topological polar surface area (TPSA) is 72.4 Å². The largest absolute Gasteiger partial charge is 0.369 e. The first-order valence-electron chi connectivity index (χ1n) is 5.91. The zero-order valence-corrected chi connectivity index (χ0v) is 10.7. The van der Waals surface area contributed by atoms with Gasteiger partial charge in [-0.2, -0.15) is 11.3 Å². The van der Waals surface area contributed by atoms with Crippen LogP contribution < -0.4 is 11.5 Å². The second kappa shape index (κ2) is 5.62. The lowest BCUT2D eigenvalue weighted by Gasteiger charge is -2.35. The number of hydrogen-bond acceptors (Lipinski definition) is 4. The van der Waals surface area contributed by atoms with Crippen molar-refractivity contribution in [2.45, 2.75) is 18.9 Å². The number of piperidine rings is 1. The van der Waals surface area contributed by atoms with Crippen molar-refractivity contribution < 1.29 is 4.79 Å². The van der Waals surface area contributed by atoms with E-state index in [0.717, 1.165) is 25.9 Å². The lowest BCUT2D eigenvalue weighted by molar-refractivity contribution is -0.119. The number of primary amides is 1. The van der Waals surface area contributed by atoms with E-state index in [9.17, 15) is 4.79 Å². The molecular weight excluding hydrogens is 234 g/mol. The fourth-order valence-electron chi connectivity index (χ4n) is 2.59. The van der Waals surface area contributed by atoms with Crippen LogP contribution in [0.3, 0.4) is 0 Å². The second-order valence-electron chi connectivity index (χ2n) is 4.86. The minimum atomic E-state index is -0.270. The zero-order valence-electron chi connectivity index (χ0n) is 9.84. The second-order valence-corrected chi connectivity index (χ2v) is 5.64. The Morgan fingerprint density at radius 3 is 3.00 bits per heavy atom. The van der Waals surface area contributed by atoms with Gasteiger partial charge in [0.1, 0.15) is 0 Å². The molecule has 0 radical (unpaired) electrons. The smallest absolute Gasteiger partial charge is 0.231 e. The summed E-state index contributed by atoms with van der Waals surface area (Å²) in [5.74, 6) is 0.265. The van der Waals surface area contributed by atoms with E-state index in [4.69, 9.17) is 11.5 Å². The Hall–Kier alpha value is -0.910. The molecule has 2 unspecified atom stereocenters.